The molecule has 1 atom stereocenters. The van der Waals surface area contributed by atoms with E-state index in [4.69, 9.17) is 5.11 Å². The Morgan fingerprint density at radius 3 is 1.47 bits per heavy atom. The Bertz CT molecular complexity index is 438. The maximum absolute atomic E-state index is 11.0. The first-order chi connectivity index (χ1) is 15.2. The molecule has 0 saturated carbocycles. The molecule has 1 unspecified atom stereocenters. The number of quaternary nitrogens is 1. The molecule has 0 aromatic rings. The van der Waals surface area contributed by atoms with Gasteiger partial charge in [-0.3, -0.25) is 4.79 Å². The van der Waals surface area contributed by atoms with E-state index in [1.807, 2.05) is 0 Å². The van der Waals surface area contributed by atoms with Crippen LogP contribution in [0, 0.1) is 0 Å². The summed E-state index contributed by atoms with van der Waals surface area (Å²) in [6, 6.07) is 0. The summed E-state index contributed by atoms with van der Waals surface area (Å²) in [6.45, 7) is 5.86. The van der Waals surface area contributed by atoms with Crippen molar-refractivity contribution in [1.29, 1.82) is 0 Å². The van der Waals surface area contributed by atoms with Gasteiger partial charge in [-0.2, -0.15) is 0 Å². The highest BCUT2D eigenvalue weighted by atomic mass is 16.4. The Balaban J connectivity index is 3.65. The van der Waals surface area contributed by atoms with Crippen LogP contribution in [0.3, 0.4) is 0 Å². The average Bonchev–Trinajstić information content (AvgIpc) is 2.72. The van der Waals surface area contributed by atoms with Gasteiger partial charge in [0.1, 0.15) is 12.1 Å². The van der Waals surface area contributed by atoms with Gasteiger partial charge in [0.15, 0.2) is 0 Å². The van der Waals surface area contributed by atoms with Crippen LogP contribution in [0.25, 0.3) is 0 Å². The van der Waals surface area contributed by atoms with Gasteiger partial charge in [-0.25, -0.2) is 0 Å². The van der Waals surface area contributed by atoms with Crippen LogP contribution in [0.15, 0.2) is 0 Å². The van der Waals surface area contributed by atoms with E-state index in [9.17, 15) is 9.90 Å². The number of likely N-dealkylation sites (N-methyl/N-ethyl adjacent to an activating group) is 1. The van der Waals surface area contributed by atoms with Crippen molar-refractivity contribution in [2.24, 2.45) is 0 Å². The zero-order chi connectivity index (χ0) is 24.1. The van der Waals surface area contributed by atoms with Crippen molar-refractivity contribution in [3.63, 3.8) is 0 Å². The predicted molar refractivity (Wildman–Crippen MR) is 138 cm³/mol. The number of hydrogen-bond acceptors (Lipinski definition) is 2. The van der Waals surface area contributed by atoms with E-state index in [1.54, 1.807) is 0 Å². The molecular weight excluding hydrogens is 398 g/mol. The first kappa shape index (κ1) is 31.4. The molecule has 0 radical (unpaired) electrons. The fraction of sp³-hybridized carbons (Fsp3) is 0.964. The molecule has 0 rings (SSSR count). The van der Waals surface area contributed by atoms with E-state index >= 15 is 0 Å². The van der Waals surface area contributed by atoms with Crippen molar-refractivity contribution in [2.45, 2.75) is 148 Å². The van der Waals surface area contributed by atoms with Crippen LogP contribution in [0.5, 0.6) is 0 Å². The minimum absolute atomic E-state index is 0.214. The summed E-state index contributed by atoms with van der Waals surface area (Å²) in [5, 5.41) is 19.9. The van der Waals surface area contributed by atoms with Crippen molar-refractivity contribution in [3.05, 3.63) is 0 Å². The minimum atomic E-state index is -0.732. The number of rotatable bonds is 24. The van der Waals surface area contributed by atoms with Crippen molar-refractivity contribution in [2.75, 3.05) is 27.2 Å². The Morgan fingerprint density at radius 1 is 0.688 bits per heavy atom. The van der Waals surface area contributed by atoms with E-state index in [2.05, 4.69) is 27.9 Å². The predicted octanol–water partition coefficient (Wildman–Crippen LogP) is 7.72. The van der Waals surface area contributed by atoms with Crippen LogP contribution in [0.1, 0.15) is 142 Å². The Labute approximate surface area is 200 Å². The zero-order valence-corrected chi connectivity index (χ0v) is 22.3. The molecule has 0 aromatic heterocycles. The molecule has 0 aromatic carbocycles. The second-order valence-corrected chi connectivity index (χ2v) is 10.9. The summed E-state index contributed by atoms with van der Waals surface area (Å²) in [7, 11) is 4.21. The average molecular weight is 457 g/mol. The lowest BCUT2D eigenvalue weighted by Gasteiger charge is -2.38. The molecule has 0 aliphatic heterocycles. The second kappa shape index (κ2) is 19.8. The summed E-state index contributed by atoms with van der Waals surface area (Å²) in [5.74, 6) is -0.732. The van der Waals surface area contributed by atoms with Gasteiger partial charge in [-0.05, 0) is 12.8 Å². The molecule has 4 nitrogen and oxygen atoms in total. The van der Waals surface area contributed by atoms with E-state index in [0.717, 1.165) is 25.8 Å². The van der Waals surface area contributed by atoms with Crippen molar-refractivity contribution in [3.8, 4) is 0 Å². The van der Waals surface area contributed by atoms with Gasteiger partial charge in [-0.15, -0.1) is 0 Å². The second-order valence-electron chi connectivity index (χ2n) is 10.9. The van der Waals surface area contributed by atoms with Gasteiger partial charge in [0.25, 0.3) is 0 Å². The molecular formula is C28H58NO3+. The fourth-order valence-corrected chi connectivity index (χ4v) is 4.90. The van der Waals surface area contributed by atoms with Gasteiger partial charge < -0.3 is 14.7 Å². The standard InChI is InChI=1S/C28H57NO3/c1-5-7-8-9-10-11-12-13-14-15-16-17-18-19-20-21-24-28(32,6-2)26-29(3,4)25-22-23-27(30)31/h32H,5-26H2,1-4H3/p+1. The molecule has 0 saturated heterocycles. The summed E-state index contributed by atoms with van der Waals surface area (Å²) < 4.78 is 0.691. The molecule has 4 heteroatoms. The van der Waals surface area contributed by atoms with Crippen LogP contribution in [-0.4, -0.2) is 53.5 Å². The highest BCUT2D eigenvalue weighted by Gasteiger charge is 2.32. The first-order valence-corrected chi connectivity index (χ1v) is 14.0. The Kier molecular flexibility index (Phi) is 19.4. The van der Waals surface area contributed by atoms with Crippen molar-refractivity contribution < 1.29 is 19.5 Å². The minimum Gasteiger partial charge on any atom is -0.481 e. The van der Waals surface area contributed by atoms with Crippen LogP contribution in [0.4, 0.5) is 0 Å². The third-order valence-electron chi connectivity index (χ3n) is 7.03. The maximum atomic E-state index is 11.0. The molecule has 0 aliphatic carbocycles. The van der Waals surface area contributed by atoms with Crippen molar-refractivity contribution >= 4 is 5.97 Å². The van der Waals surface area contributed by atoms with Gasteiger partial charge in [0.05, 0.1) is 27.1 Å². The Morgan fingerprint density at radius 2 is 1.09 bits per heavy atom. The number of hydrogen-bond donors (Lipinski definition) is 2. The molecule has 32 heavy (non-hydrogen) atoms. The molecule has 0 spiro atoms. The molecule has 0 heterocycles. The summed E-state index contributed by atoms with van der Waals surface area (Å²) >= 11 is 0. The summed E-state index contributed by atoms with van der Waals surface area (Å²) in [6.07, 6.45) is 24.4. The lowest BCUT2D eigenvalue weighted by Crippen LogP contribution is -2.52. The smallest absolute Gasteiger partial charge is 0.303 e. The van der Waals surface area contributed by atoms with Crippen LogP contribution in [-0.2, 0) is 4.79 Å². The van der Waals surface area contributed by atoms with E-state index < -0.39 is 11.6 Å². The SMILES string of the molecule is CCCCCCCCCCCCCCCCCCC(O)(CC)C[N+](C)(C)CCCC(=O)O. The monoisotopic (exact) mass is 456 g/mol. The third-order valence-corrected chi connectivity index (χ3v) is 7.03. The van der Waals surface area contributed by atoms with E-state index in [0.29, 0.717) is 17.4 Å². The number of carboxylic acids is 1. The summed E-state index contributed by atoms with van der Waals surface area (Å²) in [4.78, 5) is 10.7. The molecule has 2 N–H and O–H groups in total. The molecule has 0 aliphatic rings. The third kappa shape index (κ3) is 20.0. The van der Waals surface area contributed by atoms with Crippen molar-refractivity contribution in [1.82, 2.24) is 0 Å². The molecule has 0 amide bonds. The largest absolute Gasteiger partial charge is 0.481 e. The van der Waals surface area contributed by atoms with Crippen LogP contribution in [0.2, 0.25) is 0 Å². The van der Waals surface area contributed by atoms with Gasteiger partial charge in [0.2, 0.25) is 0 Å². The lowest BCUT2D eigenvalue weighted by atomic mass is 9.91. The first-order valence-electron chi connectivity index (χ1n) is 14.0. The van der Waals surface area contributed by atoms with Gasteiger partial charge >= 0.3 is 5.97 Å². The number of carboxylic acid groups (broad SMARTS) is 1. The number of aliphatic carboxylic acids is 1. The topological polar surface area (TPSA) is 57.5 Å². The van der Waals surface area contributed by atoms with E-state index in [1.165, 1.54) is 96.3 Å². The Hall–Kier alpha value is -0.610. The highest BCUT2D eigenvalue weighted by Crippen LogP contribution is 2.23. The number of unbranched alkanes of at least 4 members (excludes halogenated alkanes) is 15. The molecule has 192 valence electrons. The molecule has 0 fully saturated rings. The summed E-state index contributed by atoms with van der Waals surface area (Å²) in [5.41, 5.74) is -0.622. The number of aliphatic hydroxyl groups is 1. The van der Waals surface area contributed by atoms with Crippen LogP contribution >= 0.6 is 0 Å². The molecule has 0 bridgehead atoms. The maximum Gasteiger partial charge on any atom is 0.303 e. The highest BCUT2D eigenvalue weighted by molar-refractivity contribution is 5.66. The van der Waals surface area contributed by atoms with Crippen LogP contribution < -0.4 is 0 Å². The fourth-order valence-electron chi connectivity index (χ4n) is 4.90. The van der Waals surface area contributed by atoms with Gasteiger partial charge in [-0.1, -0.05) is 117 Å². The zero-order valence-electron chi connectivity index (χ0n) is 22.3. The number of nitrogens with zero attached hydrogens (tertiary/aromatic N) is 1. The lowest BCUT2D eigenvalue weighted by molar-refractivity contribution is -0.897. The number of carbonyl (C=O) groups is 1. The quantitative estimate of drug-likeness (QED) is 0.115. The van der Waals surface area contributed by atoms with Gasteiger partial charge in [0, 0.05) is 6.42 Å². The normalized spacial score (nSPS) is 13.9. The van der Waals surface area contributed by atoms with E-state index in [-0.39, 0.29) is 6.42 Å².